The van der Waals surface area contributed by atoms with Gasteiger partial charge in [0.05, 0.1) is 34.2 Å². The zero-order valence-electron chi connectivity index (χ0n) is 43.5. The molecule has 13 rings (SSSR count). The minimum atomic E-state index is -0.976. The topological polar surface area (TPSA) is 191 Å². The van der Waals surface area contributed by atoms with Gasteiger partial charge in [-0.2, -0.15) is 15.1 Å². The number of hydrogen-bond donors (Lipinski definition) is 2. The molecule has 6 aliphatic heterocycles. The Morgan fingerprint density at radius 2 is 1.73 bits per heavy atom. The number of pyridine rings is 1. The average Bonchev–Trinajstić information content (AvgIpc) is 4.27. The smallest absolute Gasteiger partial charge is 0.329 e. The van der Waals surface area contributed by atoms with Gasteiger partial charge in [-0.1, -0.05) is 24.2 Å². The zero-order chi connectivity index (χ0) is 53.4. The van der Waals surface area contributed by atoms with Crippen LogP contribution in [-0.2, 0) is 24.3 Å². The number of halogens is 3. The number of ether oxygens (including phenoxy) is 1. The third kappa shape index (κ3) is 8.96. The second kappa shape index (κ2) is 20.0. The summed E-state index contributed by atoms with van der Waals surface area (Å²) in [5.41, 5.74) is 2.65. The van der Waals surface area contributed by atoms with Crippen LogP contribution in [0.5, 0.6) is 11.8 Å². The summed E-state index contributed by atoms with van der Waals surface area (Å²) in [7, 11) is 0. The van der Waals surface area contributed by atoms with Crippen LogP contribution >= 0.6 is 0 Å². The molecule has 10 heterocycles. The van der Waals surface area contributed by atoms with E-state index in [0.29, 0.717) is 115 Å². The van der Waals surface area contributed by atoms with Crippen molar-refractivity contribution in [3.63, 3.8) is 0 Å². The van der Waals surface area contributed by atoms with Crippen LogP contribution in [0.3, 0.4) is 0 Å². The molecule has 78 heavy (non-hydrogen) atoms. The maximum atomic E-state index is 17.5. The fraction of sp³-hybridized carbons (Fsp3) is 0.474. The van der Waals surface area contributed by atoms with E-state index in [-0.39, 0.29) is 59.9 Å². The number of benzene rings is 3. The Kier molecular flexibility index (Phi) is 12.8. The number of amides is 4. The molecule has 0 saturated carbocycles. The predicted molar refractivity (Wildman–Crippen MR) is 285 cm³/mol. The number of nitrogens with zero attached hydrogens (tertiary/aromatic N) is 11. The number of piperidine rings is 2. The van der Waals surface area contributed by atoms with Crippen molar-refractivity contribution in [2.45, 2.75) is 102 Å². The Hall–Kier alpha value is -7.55. The van der Waals surface area contributed by atoms with Crippen molar-refractivity contribution in [3.8, 4) is 23.0 Å². The molecule has 2 N–H and O–H groups in total. The van der Waals surface area contributed by atoms with Crippen molar-refractivity contribution in [2.75, 3.05) is 73.7 Å². The lowest BCUT2D eigenvalue weighted by atomic mass is 9.82. The molecule has 0 bridgehead atoms. The Labute approximate surface area is 447 Å². The third-order valence-electron chi connectivity index (χ3n) is 17.5. The van der Waals surface area contributed by atoms with Gasteiger partial charge in [-0.15, -0.1) is 0 Å². The van der Waals surface area contributed by atoms with E-state index in [1.807, 2.05) is 45.7 Å². The maximum Gasteiger partial charge on any atom is 0.329 e. The minimum absolute atomic E-state index is 0.0632. The summed E-state index contributed by atoms with van der Waals surface area (Å²) >= 11 is 0. The van der Waals surface area contributed by atoms with Crippen LogP contribution in [0.15, 0.2) is 59.3 Å². The van der Waals surface area contributed by atoms with Crippen molar-refractivity contribution in [1.82, 2.24) is 45.0 Å². The number of nitrogens with one attached hydrogen (secondary N) is 1. The first-order chi connectivity index (χ1) is 37.9. The number of imide groups is 1. The maximum absolute atomic E-state index is 17.5. The molecule has 0 unspecified atom stereocenters. The number of carbonyl (C=O) groups is 3. The minimum Gasteiger partial charge on any atom is -0.508 e. The molecule has 5 fully saturated rings. The van der Waals surface area contributed by atoms with Gasteiger partial charge in [0.2, 0.25) is 5.91 Å². The SMILES string of the molecule is CCc1c(F)ccc2cc(O)cc(-c3ncc4c(N5CCCn6nc(C(=O)N7CCC(CC8CCN(c9cccc%10c(N%11CCC(=O)NC%11=O)noc9%10)CC8)CC7)cc6C5)nc(OC[C@@]56CCCN5C[C@H](F)C6)nc4c3F)c12. The molecule has 6 aliphatic rings. The Morgan fingerprint density at radius 1 is 0.910 bits per heavy atom. The number of aryl methyl sites for hydroxylation is 2. The number of para-hydroxylation sites is 1. The number of phenolic OH excluding ortho intramolecular Hbond substituents is 1. The molecule has 4 aromatic heterocycles. The number of rotatable bonds is 11. The molecular weight excluding hydrogens is 1010 g/mol. The standard InChI is InChI=1S/C57H61F3N12O6/c1-2-39-43(59)9-8-35-25-38(73)27-41(47(35)39)49-48(60)50-42(29-61-49)52(64-55(63-50)77-32-57-15-4-17-70(57)30-36(58)28-57)69-16-5-18-72-37(31-69)26-44(65-72)54(75)68-21-12-34(13-22-68)24-33-10-19-67(20-11-33)45-7-3-6-40-51(45)78-66-53(40)71-23-14-46(74)62-56(71)76/h3,6-9,25-27,29,33-34,36,73H,2,4-5,10-24,28,30-32H2,1H3,(H,62,74,76)/t36-,57+/m1/s1. The number of likely N-dealkylation sites (tertiary alicyclic amines) is 1. The quantitative estimate of drug-likeness (QED) is 0.125. The van der Waals surface area contributed by atoms with E-state index in [4.69, 9.17) is 19.3 Å². The van der Waals surface area contributed by atoms with E-state index in [9.17, 15) is 23.9 Å². The number of anilines is 3. The van der Waals surface area contributed by atoms with Crippen LogP contribution in [0, 0.1) is 23.5 Å². The molecule has 0 radical (unpaired) electrons. The van der Waals surface area contributed by atoms with E-state index < -0.39 is 29.4 Å². The second-order valence-corrected chi connectivity index (χ2v) is 22.2. The highest BCUT2D eigenvalue weighted by molar-refractivity contribution is 6.09. The molecule has 0 aliphatic carbocycles. The van der Waals surface area contributed by atoms with Crippen LogP contribution in [-0.4, -0.2) is 133 Å². The molecule has 21 heteroatoms. The van der Waals surface area contributed by atoms with Crippen molar-refractivity contribution in [2.24, 2.45) is 11.8 Å². The zero-order valence-corrected chi connectivity index (χ0v) is 43.5. The van der Waals surface area contributed by atoms with Gasteiger partial charge in [-0.25, -0.2) is 18.0 Å². The molecule has 2 atom stereocenters. The number of alkyl halides is 1. The molecule has 3 aromatic carbocycles. The van der Waals surface area contributed by atoms with Crippen molar-refractivity contribution in [3.05, 3.63) is 83.3 Å². The lowest BCUT2D eigenvalue weighted by Gasteiger charge is -2.37. The largest absolute Gasteiger partial charge is 0.508 e. The van der Waals surface area contributed by atoms with Gasteiger partial charge >= 0.3 is 12.0 Å². The Bertz CT molecular complexity index is 3520. The highest BCUT2D eigenvalue weighted by Crippen LogP contribution is 2.43. The van der Waals surface area contributed by atoms with Crippen molar-refractivity contribution >= 4 is 67.8 Å². The Morgan fingerprint density at radius 3 is 2.54 bits per heavy atom. The van der Waals surface area contributed by atoms with Gasteiger partial charge < -0.3 is 29.1 Å². The summed E-state index contributed by atoms with van der Waals surface area (Å²) < 4.78 is 61.7. The highest BCUT2D eigenvalue weighted by Gasteiger charge is 2.49. The normalized spacial score (nSPS) is 21.7. The van der Waals surface area contributed by atoms with Crippen molar-refractivity contribution < 1.29 is 41.9 Å². The van der Waals surface area contributed by atoms with E-state index in [2.05, 4.69) is 30.2 Å². The van der Waals surface area contributed by atoms with Crippen LogP contribution < -0.4 is 24.8 Å². The lowest BCUT2D eigenvalue weighted by molar-refractivity contribution is -0.120. The fourth-order valence-corrected chi connectivity index (χ4v) is 13.5. The lowest BCUT2D eigenvalue weighted by Crippen LogP contribution is -2.49. The highest BCUT2D eigenvalue weighted by atomic mass is 19.1. The van der Waals surface area contributed by atoms with Gasteiger partial charge in [0.25, 0.3) is 5.91 Å². The molecular formula is C57H61F3N12O6. The van der Waals surface area contributed by atoms with Gasteiger partial charge in [0.1, 0.15) is 41.4 Å². The van der Waals surface area contributed by atoms with Gasteiger partial charge in [-0.05, 0) is 129 Å². The molecule has 5 saturated heterocycles. The van der Waals surface area contributed by atoms with Gasteiger partial charge in [0.15, 0.2) is 22.9 Å². The number of carbonyl (C=O) groups excluding carboxylic acids is 3. The number of phenols is 1. The van der Waals surface area contributed by atoms with Crippen molar-refractivity contribution in [1.29, 1.82) is 0 Å². The Balaban J connectivity index is 0.700. The molecule has 0 spiro atoms. The average molecular weight is 1070 g/mol. The number of aromatic hydroxyl groups is 1. The molecule has 406 valence electrons. The van der Waals surface area contributed by atoms with E-state index in [1.54, 1.807) is 6.07 Å². The number of urea groups is 1. The van der Waals surface area contributed by atoms with Crippen LogP contribution in [0.25, 0.3) is 43.9 Å². The fourth-order valence-electron chi connectivity index (χ4n) is 13.5. The predicted octanol–water partition coefficient (Wildman–Crippen LogP) is 8.70. The molecule has 7 aromatic rings. The number of aromatic nitrogens is 6. The summed E-state index contributed by atoms with van der Waals surface area (Å²) in [4.78, 5) is 62.7. The first-order valence-electron chi connectivity index (χ1n) is 27.6. The summed E-state index contributed by atoms with van der Waals surface area (Å²) in [6, 6.07) is 13.0. The third-order valence-corrected chi connectivity index (χ3v) is 17.5. The van der Waals surface area contributed by atoms with Crippen LogP contribution in [0.4, 0.5) is 35.3 Å². The summed E-state index contributed by atoms with van der Waals surface area (Å²) in [6.07, 6.45) is 8.66. The second-order valence-electron chi connectivity index (χ2n) is 22.2. The van der Waals surface area contributed by atoms with Crippen LogP contribution in [0.2, 0.25) is 0 Å². The van der Waals surface area contributed by atoms with Crippen LogP contribution in [0.1, 0.15) is 92.9 Å². The number of fused-ring (bicyclic) bond motifs is 5. The first kappa shape index (κ1) is 50.0. The first-order valence-corrected chi connectivity index (χ1v) is 27.6. The molecule has 18 nitrogen and oxygen atoms in total. The van der Waals surface area contributed by atoms with E-state index in [1.165, 1.54) is 29.3 Å². The monoisotopic (exact) mass is 1070 g/mol. The summed E-state index contributed by atoms with van der Waals surface area (Å²) in [5.74, 6) is 0.0802. The molecule has 4 amide bonds. The van der Waals surface area contributed by atoms with Gasteiger partial charge in [-0.3, -0.25) is 34.4 Å². The summed E-state index contributed by atoms with van der Waals surface area (Å²) in [5, 5.41) is 24.3. The summed E-state index contributed by atoms with van der Waals surface area (Å²) in [6.45, 7) is 7.65. The van der Waals surface area contributed by atoms with Gasteiger partial charge in [0, 0.05) is 77.0 Å². The van der Waals surface area contributed by atoms with E-state index in [0.717, 1.165) is 81.3 Å². The van der Waals surface area contributed by atoms with E-state index >= 15 is 8.78 Å². The number of hydrogen-bond acceptors (Lipinski definition) is 14.